The summed E-state index contributed by atoms with van der Waals surface area (Å²) >= 11 is 0. The van der Waals surface area contributed by atoms with Crippen LogP contribution in [0.4, 0.5) is 0 Å². The molecule has 0 saturated carbocycles. The fourth-order valence-corrected chi connectivity index (χ4v) is 0.324. The predicted molar refractivity (Wildman–Crippen MR) is 30.9 cm³/mol. The summed E-state index contributed by atoms with van der Waals surface area (Å²) in [5.74, 6) is -0.487. The highest BCUT2D eigenvalue weighted by atomic mass is 16.2. The maximum atomic E-state index is 10.4. The molecule has 0 spiro atoms. The molecule has 0 bridgehead atoms. The minimum atomic E-state index is -0.487. The normalized spacial score (nSPS) is 7.70. The van der Waals surface area contributed by atoms with Crippen LogP contribution in [0.3, 0.4) is 0 Å². The lowest BCUT2D eigenvalue weighted by molar-refractivity contribution is -0.142. The number of hydrogen-bond donors (Lipinski definition) is 2. The van der Waals surface area contributed by atoms with Crippen LogP contribution in [0.1, 0.15) is 6.92 Å². The highest BCUT2D eigenvalue weighted by Gasteiger charge is 2.03. The topological polar surface area (TPSA) is 78.5 Å². The van der Waals surface area contributed by atoms with E-state index in [0.29, 0.717) is 5.12 Å². The molecule has 0 fully saturated rings. The summed E-state index contributed by atoms with van der Waals surface area (Å²) in [6.07, 6.45) is 0.551. The second-order valence-electron chi connectivity index (χ2n) is 1.35. The number of hydrogen-bond acceptors (Lipinski definition) is 3. The Hall–Kier alpha value is -1.59. The van der Waals surface area contributed by atoms with Gasteiger partial charge in [0, 0.05) is 6.92 Å². The van der Waals surface area contributed by atoms with Crippen LogP contribution in [0, 0.1) is 0 Å². The lowest BCUT2D eigenvalue weighted by Gasteiger charge is -2.15. The summed E-state index contributed by atoms with van der Waals surface area (Å²) in [4.78, 5) is 29.9. The fourth-order valence-electron chi connectivity index (χ4n) is 0.324. The smallest absolute Gasteiger partial charge is 0.257 e. The molecule has 0 radical (unpaired) electrons. The van der Waals surface area contributed by atoms with Crippen LogP contribution in [0.5, 0.6) is 0 Å². The van der Waals surface area contributed by atoms with Crippen LogP contribution in [-0.2, 0) is 14.4 Å². The molecule has 3 amide bonds. The van der Waals surface area contributed by atoms with Crippen LogP contribution < -0.4 is 10.9 Å². The third-order valence-corrected chi connectivity index (χ3v) is 0.679. The van der Waals surface area contributed by atoms with Gasteiger partial charge in [-0.15, -0.1) is 0 Å². The van der Waals surface area contributed by atoms with Gasteiger partial charge in [0.05, 0.1) is 0 Å². The third-order valence-electron chi connectivity index (χ3n) is 0.679. The van der Waals surface area contributed by atoms with Gasteiger partial charge in [-0.2, -0.15) is 5.12 Å². The first-order chi connectivity index (χ1) is 4.72. The summed E-state index contributed by atoms with van der Waals surface area (Å²) in [6.45, 7) is 1.19. The zero-order chi connectivity index (χ0) is 7.98. The Balaban J connectivity index is 3.83. The Bertz CT molecular complexity index is 137. The maximum Gasteiger partial charge on any atom is 0.257 e. The standard InChI is InChI=1S/C4H7N3O3/c1-4(10)7(5-2-8)6-3-9/h2-3H,1H3,(H,5,8)(H,6,9). The molecule has 6 nitrogen and oxygen atoms in total. The lowest BCUT2D eigenvalue weighted by Crippen LogP contribution is -2.49. The van der Waals surface area contributed by atoms with E-state index in [2.05, 4.69) is 0 Å². The Morgan fingerprint density at radius 3 is 1.90 bits per heavy atom. The largest absolute Gasteiger partial charge is 0.277 e. The van der Waals surface area contributed by atoms with Crippen molar-refractivity contribution in [3.05, 3.63) is 0 Å². The molecule has 0 atom stereocenters. The van der Waals surface area contributed by atoms with Crippen molar-refractivity contribution >= 4 is 18.7 Å². The van der Waals surface area contributed by atoms with Gasteiger partial charge in [0.15, 0.2) is 0 Å². The third kappa shape index (κ3) is 2.65. The van der Waals surface area contributed by atoms with Crippen molar-refractivity contribution in [1.29, 1.82) is 0 Å². The van der Waals surface area contributed by atoms with Crippen molar-refractivity contribution < 1.29 is 14.4 Å². The van der Waals surface area contributed by atoms with E-state index in [9.17, 15) is 14.4 Å². The van der Waals surface area contributed by atoms with E-state index < -0.39 is 5.91 Å². The summed E-state index contributed by atoms with van der Waals surface area (Å²) in [6, 6.07) is 0. The highest BCUT2D eigenvalue weighted by molar-refractivity contribution is 5.75. The molecule has 0 aromatic rings. The molecule has 0 aromatic carbocycles. The van der Waals surface area contributed by atoms with Gasteiger partial charge in [-0.3, -0.25) is 14.4 Å². The van der Waals surface area contributed by atoms with Crippen molar-refractivity contribution in [2.45, 2.75) is 6.92 Å². The van der Waals surface area contributed by atoms with Gasteiger partial charge in [-0.25, -0.2) is 10.9 Å². The van der Waals surface area contributed by atoms with Gasteiger partial charge in [0.2, 0.25) is 12.8 Å². The minimum absolute atomic E-state index is 0.276. The van der Waals surface area contributed by atoms with Crippen LogP contribution >= 0.6 is 0 Å². The van der Waals surface area contributed by atoms with E-state index >= 15 is 0 Å². The van der Waals surface area contributed by atoms with E-state index in [4.69, 9.17) is 0 Å². The molecule has 0 aliphatic heterocycles. The molecule has 0 aliphatic carbocycles. The molecule has 0 aromatic heterocycles. The number of carbonyl (C=O) groups excluding carboxylic acids is 3. The first kappa shape index (κ1) is 8.41. The monoisotopic (exact) mass is 145 g/mol. The zero-order valence-electron chi connectivity index (χ0n) is 5.33. The number of hydrazine groups is 2. The predicted octanol–water partition coefficient (Wildman–Crippen LogP) is -1.84. The second-order valence-corrected chi connectivity index (χ2v) is 1.35. The Morgan fingerprint density at radius 2 is 1.70 bits per heavy atom. The first-order valence-corrected chi connectivity index (χ1v) is 2.42. The maximum absolute atomic E-state index is 10.4. The molecule has 56 valence electrons. The molecule has 0 aliphatic rings. The molecule has 0 heterocycles. The van der Waals surface area contributed by atoms with Crippen molar-refractivity contribution in [3.8, 4) is 0 Å². The average molecular weight is 145 g/mol. The molecular formula is C4H7N3O3. The molecule has 10 heavy (non-hydrogen) atoms. The number of nitrogens with one attached hydrogen (secondary N) is 2. The van der Waals surface area contributed by atoms with E-state index in [1.807, 2.05) is 10.9 Å². The zero-order valence-corrected chi connectivity index (χ0v) is 5.33. The Kier molecular flexibility index (Phi) is 3.62. The van der Waals surface area contributed by atoms with Gasteiger partial charge in [-0.1, -0.05) is 0 Å². The van der Waals surface area contributed by atoms with Crippen molar-refractivity contribution in [3.63, 3.8) is 0 Å². The lowest BCUT2D eigenvalue weighted by atomic mass is 10.7. The van der Waals surface area contributed by atoms with Gasteiger partial charge < -0.3 is 0 Å². The van der Waals surface area contributed by atoms with Gasteiger partial charge in [-0.05, 0) is 0 Å². The molecule has 0 saturated heterocycles. The number of carbonyl (C=O) groups is 3. The van der Waals surface area contributed by atoms with E-state index in [1.165, 1.54) is 6.92 Å². The van der Waals surface area contributed by atoms with Crippen molar-refractivity contribution in [2.24, 2.45) is 0 Å². The second kappa shape index (κ2) is 4.30. The fraction of sp³-hybridized carbons (Fsp3) is 0.250. The van der Waals surface area contributed by atoms with Gasteiger partial charge in [0.25, 0.3) is 5.91 Å². The van der Waals surface area contributed by atoms with Gasteiger partial charge in [0.1, 0.15) is 0 Å². The molecule has 0 unspecified atom stereocenters. The molecule has 0 rings (SSSR count). The van der Waals surface area contributed by atoms with E-state index in [-0.39, 0.29) is 12.8 Å². The van der Waals surface area contributed by atoms with Crippen LogP contribution in [0.2, 0.25) is 0 Å². The minimum Gasteiger partial charge on any atom is -0.277 e. The number of amides is 3. The SMILES string of the molecule is CC(=O)N(NC=O)NC=O. The molecule has 2 N–H and O–H groups in total. The highest BCUT2D eigenvalue weighted by Crippen LogP contribution is 1.71. The molecular weight excluding hydrogens is 138 g/mol. The summed E-state index contributed by atoms with van der Waals surface area (Å²) in [5, 5.41) is 0.653. The summed E-state index contributed by atoms with van der Waals surface area (Å²) in [7, 11) is 0. The average Bonchev–Trinajstić information content (AvgIpc) is 1.87. The Morgan fingerprint density at radius 1 is 1.30 bits per heavy atom. The van der Waals surface area contributed by atoms with Crippen molar-refractivity contribution in [2.75, 3.05) is 0 Å². The van der Waals surface area contributed by atoms with E-state index in [0.717, 1.165) is 0 Å². The first-order valence-electron chi connectivity index (χ1n) is 2.42. The van der Waals surface area contributed by atoms with Crippen LogP contribution in [0.25, 0.3) is 0 Å². The Labute approximate surface area is 57.1 Å². The van der Waals surface area contributed by atoms with Crippen LogP contribution in [0.15, 0.2) is 0 Å². The van der Waals surface area contributed by atoms with Crippen molar-refractivity contribution in [1.82, 2.24) is 16.0 Å². The van der Waals surface area contributed by atoms with Crippen LogP contribution in [-0.4, -0.2) is 23.8 Å². The quantitative estimate of drug-likeness (QED) is 0.360. The summed E-state index contributed by atoms with van der Waals surface area (Å²) < 4.78 is 0. The van der Waals surface area contributed by atoms with Gasteiger partial charge >= 0.3 is 0 Å². The summed E-state index contributed by atoms with van der Waals surface area (Å²) in [5.41, 5.74) is 3.89. The molecule has 6 heteroatoms. The number of nitrogens with zero attached hydrogens (tertiary/aromatic N) is 1. The van der Waals surface area contributed by atoms with E-state index in [1.54, 1.807) is 0 Å². The number of rotatable bonds is 4.